The number of carbonyl (C=O) groups is 1. The number of benzene rings is 1. The van der Waals surface area contributed by atoms with Gasteiger partial charge in [0.05, 0.1) is 0 Å². The SMILES string of the molecule is CC(=O)Nc1cccc(-c2ncc(C)[nH]2)c1. The Balaban J connectivity index is 2.32. The van der Waals surface area contributed by atoms with Gasteiger partial charge in [-0.25, -0.2) is 4.98 Å². The minimum atomic E-state index is -0.0761. The van der Waals surface area contributed by atoms with E-state index < -0.39 is 0 Å². The number of rotatable bonds is 2. The fourth-order valence-corrected chi connectivity index (χ4v) is 1.51. The van der Waals surface area contributed by atoms with Crippen molar-refractivity contribution in [2.24, 2.45) is 0 Å². The van der Waals surface area contributed by atoms with E-state index in [0.717, 1.165) is 22.8 Å². The van der Waals surface area contributed by atoms with E-state index >= 15 is 0 Å². The number of aromatic nitrogens is 2. The van der Waals surface area contributed by atoms with Crippen molar-refractivity contribution in [1.82, 2.24) is 9.97 Å². The van der Waals surface area contributed by atoms with Crippen molar-refractivity contribution in [3.8, 4) is 11.4 Å². The third kappa shape index (κ3) is 2.28. The lowest BCUT2D eigenvalue weighted by molar-refractivity contribution is -0.114. The predicted octanol–water partition coefficient (Wildman–Crippen LogP) is 2.34. The quantitative estimate of drug-likeness (QED) is 0.807. The number of imidazole rings is 1. The van der Waals surface area contributed by atoms with Crippen molar-refractivity contribution < 1.29 is 4.79 Å². The van der Waals surface area contributed by atoms with E-state index in [4.69, 9.17) is 0 Å². The molecule has 0 saturated heterocycles. The molecule has 0 fully saturated rings. The Kier molecular flexibility index (Phi) is 2.72. The molecule has 1 aromatic heterocycles. The third-order valence-electron chi connectivity index (χ3n) is 2.16. The van der Waals surface area contributed by atoms with Gasteiger partial charge in [-0.1, -0.05) is 12.1 Å². The molecule has 1 heterocycles. The standard InChI is InChI=1S/C12H13N3O/c1-8-7-13-12(14-8)10-4-3-5-11(6-10)15-9(2)16/h3-7H,1-2H3,(H,13,14)(H,15,16). The monoisotopic (exact) mass is 215 g/mol. The van der Waals surface area contributed by atoms with E-state index in [0.29, 0.717) is 0 Å². The molecule has 1 aromatic carbocycles. The Morgan fingerprint density at radius 3 is 2.88 bits per heavy atom. The summed E-state index contributed by atoms with van der Waals surface area (Å²) in [7, 11) is 0. The molecule has 0 atom stereocenters. The number of nitrogens with zero attached hydrogens (tertiary/aromatic N) is 1. The summed E-state index contributed by atoms with van der Waals surface area (Å²) in [5, 5.41) is 2.74. The van der Waals surface area contributed by atoms with E-state index in [1.807, 2.05) is 31.2 Å². The zero-order chi connectivity index (χ0) is 11.5. The fraction of sp³-hybridized carbons (Fsp3) is 0.167. The molecule has 16 heavy (non-hydrogen) atoms. The Morgan fingerprint density at radius 2 is 2.25 bits per heavy atom. The molecule has 0 spiro atoms. The Bertz CT molecular complexity index is 516. The Morgan fingerprint density at radius 1 is 1.44 bits per heavy atom. The Labute approximate surface area is 93.7 Å². The van der Waals surface area contributed by atoms with E-state index in [1.165, 1.54) is 6.92 Å². The van der Waals surface area contributed by atoms with Crippen LogP contribution in [-0.4, -0.2) is 15.9 Å². The van der Waals surface area contributed by atoms with Gasteiger partial charge in [-0.2, -0.15) is 0 Å². The molecule has 0 unspecified atom stereocenters. The first-order chi connectivity index (χ1) is 7.65. The number of amides is 1. The van der Waals surface area contributed by atoms with E-state index in [9.17, 15) is 4.79 Å². The molecule has 0 saturated carbocycles. The summed E-state index contributed by atoms with van der Waals surface area (Å²) in [5.41, 5.74) is 2.75. The molecule has 2 aromatic rings. The lowest BCUT2D eigenvalue weighted by Gasteiger charge is -2.03. The summed E-state index contributed by atoms with van der Waals surface area (Å²) >= 11 is 0. The number of hydrogen-bond acceptors (Lipinski definition) is 2. The van der Waals surface area contributed by atoms with E-state index in [2.05, 4.69) is 15.3 Å². The van der Waals surface area contributed by atoms with Crippen LogP contribution < -0.4 is 5.32 Å². The van der Waals surface area contributed by atoms with Crippen molar-refractivity contribution in [3.05, 3.63) is 36.2 Å². The summed E-state index contributed by atoms with van der Waals surface area (Å²) in [4.78, 5) is 18.3. The summed E-state index contributed by atoms with van der Waals surface area (Å²) in [6.07, 6.45) is 1.78. The van der Waals surface area contributed by atoms with Gasteiger partial charge >= 0.3 is 0 Å². The van der Waals surface area contributed by atoms with E-state index in [1.54, 1.807) is 6.20 Å². The zero-order valence-corrected chi connectivity index (χ0v) is 9.24. The second-order valence-corrected chi connectivity index (χ2v) is 3.68. The molecule has 0 aliphatic heterocycles. The molecule has 2 rings (SSSR count). The molecular formula is C12H13N3O. The summed E-state index contributed by atoms with van der Waals surface area (Å²) in [6.45, 7) is 3.44. The smallest absolute Gasteiger partial charge is 0.221 e. The van der Waals surface area contributed by atoms with Crippen molar-refractivity contribution in [1.29, 1.82) is 0 Å². The van der Waals surface area contributed by atoms with Crippen LogP contribution in [-0.2, 0) is 4.79 Å². The van der Waals surface area contributed by atoms with Gasteiger partial charge < -0.3 is 10.3 Å². The van der Waals surface area contributed by atoms with Crippen LogP contribution in [0.5, 0.6) is 0 Å². The number of aryl methyl sites for hydroxylation is 1. The molecule has 0 aliphatic rings. The first-order valence-electron chi connectivity index (χ1n) is 5.05. The lowest BCUT2D eigenvalue weighted by Crippen LogP contribution is -2.05. The normalized spacial score (nSPS) is 10.1. The summed E-state index contributed by atoms with van der Waals surface area (Å²) in [5.74, 6) is 0.734. The van der Waals surface area contributed by atoms with Gasteiger partial charge in [-0.15, -0.1) is 0 Å². The lowest BCUT2D eigenvalue weighted by atomic mass is 10.2. The van der Waals surface area contributed by atoms with Crippen LogP contribution in [0.2, 0.25) is 0 Å². The van der Waals surface area contributed by atoms with Crippen molar-refractivity contribution >= 4 is 11.6 Å². The zero-order valence-electron chi connectivity index (χ0n) is 9.24. The van der Waals surface area contributed by atoms with E-state index in [-0.39, 0.29) is 5.91 Å². The van der Waals surface area contributed by atoms with Crippen LogP contribution in [0.25, 0.3) is 11.4 Å². The first-order valence-corrected chi connectivity index (χ1v) is 5.05. The van der Waals surface area contributed by atoms with Crippen LogP contribution in [0.15, 0.2) is 30.5 Å². The van der Waals surface area contributed by atoms with Gasteiger partial charge in [0.2, 0.25) is 5.91 Å². The predicted molar refractivity (Wildman–Crippen MR) is 63.1 cm³/mol. The Hall–Kier alpha value is -2.10. The van der Waals surface area contributed by atoms with Gasteiger partial charge in [0.25, 0.3) is 0 Å². The second kappa shape index (κ2) is 4.18. The molecule has 4 heteroatoms. The van der Waals surface area contributed by atoms with Crippen LogP contribution in [0.4, 0.5) is 5.69 Å². The maximum Gasteiger partial charge on any atom is 0.221 e. The molecule has 0 bridgehead atoms. The van der Waals surface area contributed by atoms with Crippen LogP contribution in [0.1, 0.15) is 12.6 Å². The number of hydrogen-bond donors (Lipinski definition) is 2. The minimum absolute atomic E-state index is 0.0761. The molecular weight excluding hydrogens is 202 g/mol. The average molecular weight is 215 g/mol. The largest absolute Gasteiger partial charge is 0.342 e. The van der Waals surface area contributed by atoms with Crippen molar-refractivity contribution in [2.45, 2.75) is 13.8 Å². The fourth-order valence-electron chi connectivity index (χ4n) is 1.51. The highest BCUT2D eigenvalue weighted by molar-refractivity contribution is 5.89. The minimum Gasteiger partial charge on any atom is -0.342 e. The first kappa shape index (κ1) is 10.4. The molecule has 1 amide bonds. The van der Waals surface area contributed by atoms with Gasteiger partial charge in [0.1, 0.15) is 5.82 Å². The molecule has 0 aliphatic carbocycles. The molecule has 4 nitrogen and oxygen atoms in total. The van der Waals surface area contributed by atoms with Crippen molar-refractivity contribution in [3.63, 3.8) is 0 Å². The second-order valence-electron chi connectivity index (χ2n) is 3.68. The highest BCUT2D eigenvalue weighted by Crippen LogP contribution is 2.19. The third-order valence-corrected chi connectivity index (χ3v) is 2.16. The van der Waals surface area contributed by atoms with Crippen molar-refractivity contribution in [2.75, 3.05) is 5.32 Å². The van der Waals surface area contributed by atoms with Crippen LogP contribution in [0.3, 0.4) is 0 Å². The average Bonchev–Trinajstić information content (AvgIpc) is 2.64. The number of aromatic amines is 1. The highest BCUT2D eigenvalue weighted by Gasteiger charge is 2.03. The number of H-pyrrole nitrogens is 1. The maximum absolute atomic E-state index is 10.9. The summed E-state index contributed by atoms with van der Waals surface area (Å²) in [6, 6.07) is 7.57. The van der Waals surface area contributed by atoms with Gasteiger partial charge in [-0.3, -0.25) is 4.79 Å². The van der Waals surface area contributed by atoms with Gasteiger partial charge in [-0.05, 0) is 19.1 Å². The molecule has 2 N–H and O–H groups in total. The van der Waals surface area contributed by atoms with Gasteiger partial charge in [0.15, 0.2) is 0 Å². The molecule has 0 radical (unpaired) electrons. The number of nitrogens with one attached hydrogen (secondary N) is 2. The topological polar surface area (TPSA) is 57.8 Å². The van der Waals surface area contributed by atoms with Crippen LogP contribution in [0, 0.1) is 6.92 Å². The van der Waals surface area contributed by atoms with Crippen LogP contribution >= 0.6 is 0 Å². The van der Waals surface area contributed by atoms with Gasteiger partial charge in [0, 0.05) is 30.1 Å². The number of anilines is 1. The highest BCUT2D eigenvalue weighted by atomic mass is 16.1. The number of carbonyl (C=O) groups excluding carboxylic acids is 1. The molecule has 82 valence electrons. The summed E-state index contributed by atoms with van der Waals surface area (Å²) < 4.78 is 0. The maximum atomic E-state index is 10.9.